The SMILES string of the molecule is N#CC1CCCC1NC(=O)C1Cc2ccccc2O1. The Hall–Kier alpha value is -2.02. The first-order valence-corrected chi connectivity index (χ1v) is 6.72. The lowest BCUT2D eigenvalue weighted by Crippen LogP contribution is -2.44. The Morgan fingerprint density at radius 3 is 3.00 bits per heavy atom. The maximum Gasteiger partial charge on any atom is 0.261 e. The Balaban J connectivity index is 1.63. The summed E-state index contributed by atoms with van der Waals surface area (Å²) in [6.07, 6.45) is 2.95. The highest BCUT2D eigenvalue weighted by molar-refractivity contribution is 5.82. The standard InChI is InChI=1S/C15H16N2O2/c16-9-11-5-3-6-12(11)17-15(18)14-8-10-4-1-2-7-13(10)19-14/h1-2,4,7,11-12,14H,3,5-6,8H2,(H,17,18). The van der Waals surface area contributed by atoms with Crippen LogP contribution in [0.15, 0.2) is 24.3 Å². The maximum absolute atomic E-state index is 12.2. The Bertz CT molecular complexity index is 510. The van der Waals surface area contributed by atoms with Crippen molar-refractivity contribution in [3.63, 3.8) is 0 Å². The second-order valence-electron chi connectivity index (χ2n) is 5.20. The molecule has 0 bridgehead atoms. The van der Waals surface area contributed by atoms with Crippen LogP contribution in [0.25, 0.3) is 0 Å². The number of carbonyl (C=O) groups excluding carboxylic acids is 1. The number of nitriles is 1. The molecule has 0 aromatic heterocycles. The van der Waals surface area contributed by atoms with Gasteiger partial charge in [0.1, 0.15) is 5.75 Å². The number of ether oxygens (including phenoxy) is 1. The molecule has 1 aromatic carbocycles. The number of nitrogens with one attached hydrogen (secondary N) is 1. The van der Waals surface area contributed by atoms with Crippen molar-refractivity contribution in [2.75, 3.05) is 0 Å². The third kappa shape index (κ3) is 2.28. The van der Waals surface area contributed by atoms with Gasteiger partial charge in [-0.25, -0.2) is 0 Å². The fourth-order valence-corrected chi connectivity index (χ4v) is 2.89. The first kappa shape index (κ1) is 12.0. The summed E-state index contributed by atoms with van der Waals surface area (Å²) in [6.45, 7) is 0. The van der Waals surface area contributed by atoms with E-state index in [2.05, 4.69) is 11.4 Å². The second kappa shape index (κ2) is 4.93. The summed E-state index contributed by atoms with van der Waals surface area (Å²) in [5.41, 5.74) is 1.07. The third-order valence-electron chi connectivity index (χ3n) is 3.95. The van der Waals surface area contributed by atoms with Gasteiger partial charge in [-0.05, 0) is 30.9 Å². The minimum Gasteiger partial charge on any atom is -0.480 e. The molecular formula is C15H16N2O2. The zero-order chi connectivity index (χ0) is 13.2. The van der Waals surface area contributed by atoms with E-state index in [1.165, 1.54) is 0 Å². The molecule has 1 aromatic rings. The molecule has 0 radical (unpaired) electrons. The highest BCUT2D eigenvalue weighted by Crippen LogP contribution is 2.29. The van der Waals surface area contributed by atoms with Crippen LogP contribution in [0.4, 0.5) is 0 Å². The number of nitrogens with zero attached hydrogens (tertiary/aromatic N) is 1. The number of benzene rings is 1. The number of amides is 1. The van der Waals surface area contributed by atoms with E-state index in [4.69, 9.17) is 10.00 Å². The van der Waals surface area contributed by atoms with Crippen molar-refractivity contribution in [2.45, 2.75) is 37.8 Å². The normalized spacial score (nSPS) is 28.3. The van der Waals surface area contributed by atoms with Crippen LogP contribution < -0.4 is 10.1 Å². The summed E-state index contributed by atoms with van der Waals surface area (Å²) >= 11 is 0. The van der Waals surface area contributed by atoms with Gasteiger partial charge >= 0.3 is 0 Å². The number of para-hydroxylation sites is 1. The molecule has 1 N–H and O–H groups in total. The van der Waals surface area contributed by atoms with Crippen LogP contribution in [0.1, 0.15) is 24.8 Å². The molecule has 4 heteroatoms. The van der Waals surface area contributed by atoms with Gasteiger partial charge in [-0.15, -0.1) is 0 Å². The van der Waals surface area contributed by atoms with E-state index in [1.54, 1.807) is 0 Å². The summed E-state index contributed by atoms with van der Waals surface area (Å²) in [5.74, 6) is 0.655. The summed E-state index contributed by atoms with van der Waals surface area (Å²) < 4.78 is 5.65. The Kier molecular flexibility index (Phi) is 3.12. The average Bonchev–Trinajstić information content (AvgIpc) is 3.03. The molecule has 1 amide bonds. The summed E-state index contributed by atoms with van der Waals surface area (Å²) in [4.78, 5) is 12.2. The lowest BCUT2D eigenvalue weighted by molar-refractivity contribution is -0.128. The van der Waals surface area contributed by atoms with Gasteiger partial charge in [0.25, 0.3) is 5.91 Å². The molecule has 98 valence electrons. The van der Waals surface area contributed by atoms with Crippen LogP contribution in [-0.2, 0) is 11.2 Å². The predicted octanol–water partition coefficient (Wildman–Crippen LogP) is 1.80. The quantitative estimate of drug-likeness (QED) is 0.877. The van der Waals surface area contributed by atoms with Gasteiger partial charge in [-0.1, -0.05) is 18.2 Å². The fourth-order valence-electron chi connectivity index (χ4n) is 2.89. The van der Waals surface area contributed by atoms with Gasteiger partial charge < -0.3 is 10.1 Å². The van der Waals surface area contributed by atoms with E-state index in [9.17, 15) is 4.79 Å². The van der Waals surface area contributed by atoms with Crippen LogP contribution in [0.3, 0.4) is 0 Å². The van der Waals surface area contributed by atoms with E-state index in [1.807, 2.05) is 24.3 Å². The van der Waals surface area contributed by atoms with E-state index < -0.39 is 6.10 Å². The Morgan fingerprint density at radius 1 is 1.37 bits per heavy atom. The van der Waals surface area contributed by atoms with Crippen molar-refractivity contribution in [2.24, 2.45) is 5.92 Å². The topological polar surface area (TPSA) is 62.1 Å². The van der Waals surface area contributed by atoms with Crippen molar-refractivity contribution in [1.29, 1.82) is 5.26 Å². The van der Waals surface area contributed by atoms with Crippen molar-refractivity contribution in [3.8, 4) is 11.8 Å². The Labute approximate surface area is 112 Å². The summed E-state index contributed by atoms with van der Waals surface area (Å²) in [7, 11) is 0. The van der Waals surface area contributed by atoms with Crippen LogP contribution in [0.2, 0.25) is 0 Å². The molecule has 1 fully saturated rings. The minimum absolute atomic E-state index is 0.00943. The Morgan fingerprint density at radius 2 is 2.21 bits per heavy atom. The molecule has 3 rings (SSSR count). The largest absolute Gasteiger partial charge is 0.480 e. The highest BCUT2D eigenvalue weighted by atomic mass is 16.5. The molecule has 0 spiro atoms. The number of hydrogen-bond donors (Lipinski definition) is 1. The molecule has 0 saturated heterocycles. The molecule has 2 aliphatic rings. The first-order valence-electron chi connectivity index (χ1n) is 6.72. The van der Waals surface area contributed by atoms with Crippen molar-refractivity contribution in [3.05, 3.63) is 29.8 Å². The van der Waals surface area contributed by atoms with Crippen molar-refractivity contribution >= 4 is 5.91 Å². The van der Waals surface area contributed by atoms with Crippen LogP contribution in [0.5, 0.6) is 5.75 Å². The van der Waals surface area contributed by atoms with Gasteiger partial charge in [-0.3, -0.25) is 4.79 Å². The fraction of sp³-hybridized carbons (Fsp3) is 0.467. The van der Waals surface area contributed by atoms with Gasteiger partial charge in [0.2, 0.25) is 0 Å². The molecule has 1 saturated carbocycles. The van der Waals surface area contributed by atoms with Gasteiger partial charge in [0, 0.05) is 12.5 Å². The lowest BCUT2D eigenvalue weighted by atomic mass is 10.0. The smallest absolute Gasteiger partial charge is 0.261 e. The minimum atomic E-state index is -0.447. The van der Waals surface area contributed by atoms with E-state index >= 15 is 0 Å². The molecule has 1 aliphatic carbocycles. The lowest BCUT2D eigenvalue weighted by Gasteiger charge is -2.18. The zero-order valence-corrected chi connectivity index (χ0v) is 10.6. The highest BCUT2D eigenvalue weighted by Gasteiger charge is 2.33. The van der Waals surface area contributed by atoms with Crippen LogP contribution >= 0.6 is 0 Å². The first-order chi connectivity index (χ1) is 9.28. The van der Waals surface area contributed by atoms with E-state index in [-0.39, 0.29) is 17.9 Å². The van der Waals surface area contributed by atoms with Gasteiger partial charge in [0.05, 0.1) is 12.0 Å². The van der Waals surface area contributed by atoms with Crippen LogP contribution in [-0.4, -0.2) is 18.1 Å². The second-order valence-corrected chi connectivity index (χ2v) is 5.20. The predicted molar refractivity (Wildman–Crippen MR) is 69.4 cm³/mol. The molecule has 1 heterocycles. The van der Waals surface area contributed by atoms with E-state index in [0.717, 1.165) is 30.6 Å². The average molecular weight is 256 g/mol. The third-order valence-corrected chi connectivity index (χ3v) is 3.95. The number of rotatable bonds is 2. The molecule has 4 nitrogen and oxygen atoms in total. The molecule has 3 unspecified atom stereocenters. The maximum atomic E-state index is 12.2. The number of hydrogen-bond acceptors (Lipinski definition) is 3. The van der Waals surface area contributed by atoms with Crippen molar-refractivity contribution in [1.82, 2.24) is 5.32 Å². The van der Waals surface area contributed by atoms with E-state index in [0.29, 0.717) is 6.42 Å². The molecular weight excluding hydrogens is 240 g/mol. The zero-order valence-electron chi connectivity index (χ0n) is 10.6. The molecule has 19 heavy (non-hydrogen) atoms. The van der Waals surface area contributed by atoms with Gasteiger partial charge in [0.15, 0.2) is 6.10 Å². The number of fused-ring (bicyclic) bond motifs is 1. The monoisotopic (exact) mass is 256 g/mol. The van der Waals surface area contributed by atoms with Gasteiger partial charge in [-0.2, -0.15) is 5.26 Å². The summed E-state index contributed by atoms with van der Waals surface area (Å²) in [6, 6.07) is 9.98. The van der Waals surface area contributed by atoms with Crippen molar-refractivity contribution < 1.29 is 9.53 Å². The van der Waals surface area contributed by atoms with Crippen LogP contribution in [0, 0.1) is 17.2 Å². The summed E-state index contributed by atoms with van der Waals surface area (Å²) in [5, 5.41) is 12.0. The molecule has 1 aliphatic heterocycles. The molecule has 3 atom stereocenters. The number of carbonyl (C=O) groups is 1.